The van der Waals surface area contributed by atoms with Crippen molar-refractivity contribution in [3.05, 3.63) is 215 Å². The molecule has 0 fully saturated rings. The molecule has 0 radical (unpaired) electrons. The van der Waals surface area contributed by atoms with Gasteiger partial charge in [-0.15, -0.1) is 101 Å². The molecule has 0 bridgehead atoms. The maximum atomic E-state index is 5.20. The van der Waals surface area contributed by atoms with Crippen LogP contribution in [0.4, 0.5) is 0 Å². The maximum Gasteiger partial charge on any atom is 3.00 e. The van der Waals surface area contributed by atoms with Gasteiger partial charge in [0.05, 0.1) is 0 Å². The third-order valence-corrected chi connectivity index (χ3v) is 12.1. The summed E-state index contributed by atoms with van der Waals surface area (Å²) in [5.41, 5.74) is 20.8. The molecule has 0 aliphatic heterocycles. The Hall–Kier alpha value is -6.52. The van der Waals surface area contributed by atoms with Gasteiger partial charge in [0.1, 0.15) is 0 Å². The first kappa shape index (κ1) is 39.9. The molecule has 0 N–H and O–H groups in total. The quantitative estimate of drug-likeness (QED) is 0.101. The molecule has 0 aliphatic rings. The Labute approximate surface area is 371 Å². The van der Waals surface area contributed by atoms with Crippen LogP contribution in [0.25, 0.3) is 72.1 Å². The molecular weight excluding hydrogens is 921 g/mol. The van der Waals surface area contributed by atoms with Gasteiger partial charge >= 0.3 is 20.1 Å². The minimum Gasteiger partial charge on any atom is -0.355 e. The molecule has 61 heavy (non-hydrogen) atoms. The Morgan fingerprint density at radius 1 is 0.492 bits per heavy atom. The number of benzene rings is 5. The van der Waals surface area contributed by atoms with Gasteiger partial charge in [-0.3, -0.25) is 0 Å². The first-order valence-electron chi connectivity index (χ1n) is 20.8. The minimum atomic E-state index is 0. The zero-order chi connectivity index (χ0) is 40.6. The minimum absolute atomic E-state index is 0. The van der Waals surface area contributed by atoms with E-state index < -0.39 is 0 Å². The summed E-state index contributed by atoms with van der Waals surface area (Å²) >= 11 is 0. The van der Waals surface area contributed by atoms with Crippen LogP contribution in [0, 0.1) is 39.0 Å². The summed E-state index contributed by atoms with van der Waals surface area (Å²) in [6.45, 7) is 6.68. The molecule has 10 rings (SSSR count). The molecule has 0 atom stereocenters. The van der Waals surface area contributed by atoms with Crippen molar-refractivity contribution in [3.63, 3.8) is 0 Å². The second-order valence-electron chi connectivity index (χ2n) is 15.8. The molecule has 10 aromatic rings. The van der Waals surface area contributed by atoms with E-state index in [0.29, 0.717) is 0 Å². The van der Waals surface area contributed by atoms with E-state index in [2.05, 4.69) is 147 Å². The van der Waals surface area contributed by atoms with E-state index in [-0.39, 0.29) is 20.1 Å². The number of hydrogen-bond acceptors (Lipinski definition) is 3. The Morgan fingerprint density at radius 2 is 1.07 bits per heavy atom. The number of fused-ring (bicyclic) bond motifs is 6. The number of pyridine rings is 4. The fourth-order valence-electron chi connectivity index (χ4n) is 8.71. The van der Waals surface area contributed by atoms with Gasteiger partial charge in [0.2, 0.25) is 0 Å². The van der Waals surface area contributed by atoms with Crippen LogP contribution in [0.1, 0.15) is 39.1 Å². The molecule has 0 saturated heterocycles. The van der Waals surface area contributed by atoms with Crippen molar-refractivity contribution in [1.29, 1.82) is 0 Å². The van der Waals surface area contributed by atoms with Crippen LogP contribution in [0.3, 0.4) is 0 Å². The van der Waals surface area contributed by atoms with Crippen molar-refractivity contribution in [1.82, 2.24) is 19.4 Å². The van der Waals surface area contributed by atoms with Crippen molar-refractivity contribution < 1.29 is 20.1 Å². The standard InChI is InChI=1S/C56H43N4.Ir/c1-37-38(2)56-51-33-47(36-59-55(51)50-20-12-13-21-54(50)60(56)39(37)3)49-19-11-10-18-48(49)46-31-42(24-22-40-26-28-52(57-34-40)44-14-6-4-7-15-44)30-43(32-46)25-23-41-27-29-53(58-35-41)45-16-8-5-9-17-45;/h4-14,16,18-19,21,26-36H,22-25H2,1-3H3;/q-3;+3. The van der Waals surface area contributed by atoms with Crippen LogP contribution in [0.5, 0.6) is 0 Å². The molecule has 0 amide bonds. The van der Waals surface area contributed by atoms with Crippen molar-refractivity contribution in [2.75, 3.05) is 0 Å². The van der Waals surface area contributed by atoms with E-state index in [0.717, 1.165) is 81.1 Å². The van der Waals surface area contributed by atoms with E-state index in [1.807, 2.05) is 54.9 Å². The van der Waals surface area contributed by atoms with Gasteiger partial charge in [-0.25, -0.2) is 0 Å². The van der Waals surface area contributed by atoms with Crippen molar-refractivity contribution in [3.8, 4) is 44.8 Å². The molecule has 4 nitrogen and oxygen atoms in total. The van der Waals surface area contributed by atoms with Crippen LogP contribution in [0.15, 0.2) is 158 Å². The fraction of sp³-hybridized carbons (Fsp3) is 0.125. The summed E-state index contributed by atoms with van der Waals surface area (Å²) in [7, 11) is 0. The second-order valence-corrected chi connectivity index (χ2v) is 15.8. The van der Waals surface area contributed by atoms with E-state index in [4.69, 9.17) is 15.0 Å². The molecule has 5 heteroatoms. The van der Waals surface area contributed by atoms with Crippen LogP contribution in [0.2, 0.25) is 0 Å². The first-order chi connectivity index (χ1) is 29.5. The van der Waals surface area contributed by atoms with Crippen LogP contribution in [-0.4, -0.2) is 19.4 Å². The Bertz CT molecular complexity index is 3050. The van der Waals surface area contributed by atoms with E-state index in [1.54, 1.807) is 0 Å². The maximum absolute atomic E-state index is 5.20. The number of aryl methyl sites for hydroxylation is 6. The summed E-state index contributed by atoms with van der Waals surface area (Å²) in [5, 5.41) is 2.19. The van der Waals surface area contributed by atoms with Crippen LogP contribution in [-0.2, 0) is 45.8 Å². The third-order valence-electron chi connectivity index (χ3n) is 12.1. The Morgan fingerprint density at radius 3 is 1.64 bits per heavy atom. The number of aromatic nitrogens is 4. The summed E-state index contributed by atoms with van der Waals surface area (Å²) in [6.07, 6.45) is 9.66. The molecule has 0 aliphatic carbocycles. The van der Waals surface area contributed by atoms with E-state index >= 15 is 0 Å². The largest absolute Gasteiger partial charge is 3.00 e. The molecule has 296 valence electrons. The molecule has 5 aromatic heterocycles. The van der Waals surface area contributed by atoms with Gasteiger partial charge in [-0.2, -0.15) is 0 Å². The normalized spacial score (nSPS) is 11.3. The van der Waals surface area contributed by atoms with E-state index in [9.17, 15) is 0 Å². The van der Waals surface area contributed by atoms with Gasteiger partial charge in [0.15, 0.2) is 0 Å². The van der Waals surface area contributed by atoms with Gasteiger partial charge in [0.25, 0.3) is 0 Å². The first-order valence-corrected chi connectivity index (χ1v) is 20.8. The third kappa shape index (κ3) is 7.84. The Balaban J connectivity index is 0.00000476. The summed E-state index contributed by atoms with van der Waals surface area (Å²) in [4.78, 5) is 14.8. The van der Waals surface area contributed by atoms with E-state index in [1.165, 1.54) is 55.7 Å². The number of nitrogens with zero attached hydrogens (tertiary/aromatic N) is 4. The SMILES string of the molecule is Cc1c(C)c2c3cc(-c4ccccc4-c4cc(CCc5ccc(-c6[c-]cccc6)nc5)cc(CCc5ccc(-c6[c-]cccc6)nc5)c4)cnc3c3[c-]cccc3n2c1C.[Ir+3]. The van der Waals surface area contributed by atoms with Gasteiger partial charge in [-0.1, -0.05) is 72.8 Å². The second kappa shape index (κ2) is 17.2. The van der Waals surface area contributed by atoms with Crippen molar-refractivity contribution >= 4 is 27.3 Å². The molecule has 0 saturated carbocycles. The topological polar surface area (TPSA) is 43.1 Å². The fourth-order valence-corrected chi connectivity index (χ4v) is 8.71. The van der Waals surface area contributed by atoms with Crippen LogP contribution >= 0.6 is 0 Å². The molecule has 0 unspecified atom stereocenters. The van der Waals surface area contributed by atoms with Crippen molar-refractivity contribution in [2.24, 2.45) is 0 Å². The zero-order valence-corrected chi connectivity index (χ0v) is 36.9. The molecule has 5 aromatic carbocycles. The number of hydrogen-bond donors (Lipinski definition) is 0. The average Bonchev–Trinajstić information content (AvgIpc) is 3.55. The predicted octanol–water partition coefficient (Wildman–Crippen LogP) is 13.0. The zero-order valence-electron chi connectivity index (χ0n) is 34.5. The van der Waals surface area contributed by atoms with Gasteiger partial charge < -0.3 is 19.4 Å². The summed E-state index contributed by atoms with van der Waals surface area (Å²) in [6, 6.07) is 59.3. The predicted molar refractivity (Wildman–Crippen MR) is 246 cm³/mol. The summed E-state index contributed by atoms with van der Waals surface area (Å²) < 4.78 is 2.40. The summed E-state index contributed by atoms with van der Waals surface area (Å²) in [5.74, 6) is 0. The number of rotatable bonds is 10. The van der Waals surface area contributed by atoms with Gasteiger partial charge in [0, 0.05) is 29.8 Å². The smallest absolute Gasteiger partial charge is 0.355 e. The molecule has 5 heterocycles. The van der Waals surface area contributed by atoms with Gasteiger partial charge in [-0.05, 0) is 130 Å². The Kier molecular flexibility index (Phi) is 11.3. The van der Waals surface area contributed by atoms with Crippen molar-refractivity contribution in [2.45, 2.75) is 46.5 Å². The van der Waals surface area contributed by atoms with Crippen LogP contribution < -0.4 is 0 Å². The average molecular weight is 964 g/mol. The molecule has 0 spiro atoms. The monoisotopic (exact) mass is 964 g/mol. The molecular formula is C56H43IrN4.